The first-order valence-corrected chi connectivity index (χ1v) is 4.73. The van der Waals surface area contributed by atoms with Crippen LogP contribution in [0.15, 0.2) is 0 Å². The first-order chi connectivity index (χ1) is 6.39. The fraction of sp³-hybridized carbons (Fsp3) is 1.00. The van der Waals surface area contributed by atoms with Crippen molar-refractivity contribution in [2.45, 2.75) is 20.7 Å². The number of rotatable bonds is 4. The summed E-state index contributed by atoms with van der Waals surface area (Å²) in [5, 5.41) is 0. The molecule has 0 aliphatic carbocycles. The van der Waals surface area contributed by atoms with Gasteiger partial charge in [-0.15, -0.1) is 9.24 Å². The lowest BCUT2D eigenvalue weighted by Gasteiger charge is -2.21. The Balaban J connectivity index is 0. The van der Waals surface area contributed by atoms with Gasteiger partial charge >= 0.3 is 0 Å². The SMILES string of the molecule is COCC(C)(C)COC.[2H]C([2H])CP. The Morgan fingerprint density at radius 2 is 1.58 bits per heavy atom. The number of ether oxygens (including phenoxy) is 2. The summed E-state index contributed by atoms with van der Waals surface area (Å²) in [5.74, 6) is 0. The van der Waals surface area contributed by atoms with Gasteiger partial charge in [-0.1, -0.05) is 20.7 Å². The van der Waals surface area contributed by atoms with E-state index in [1.54, 1.807) is 14.2 Å². The molecule has 0 bridgehead atoms. The molecule has 0 heterocycles. The van der Waals surface area contributed by atoms with E-state index in [4.69, 9.17) is 12.2 Å². The Bertz CT molecular complexity index is 113. The van der Waals surface area contributed by atoms with E-state index in [1.807, 2.05) is 0 Å². The van der Waals surface area contributed by atoms with E-state index in [0.717, 1.165) is 13.2 Å². The zero-order valence-corrected chi connectivity index (χ0v) is 9.75. The van der Waals surface area contributed by atoms with Crippen LogP contribution in [0.4, 0.5) is 0 Å². The monoisotopic (exact) mass is 196 g/mol. The van der Waals surface area contributed by atoms with E-state index >= 15 is 0 Å². The van der Waals surface area contributed by atoms with E-state index in [2.05, 4.69) is 23.1 Å². The van der Waals surface area contributed by atoms with Gasteiger partial charge in [0.15, 0.2) is 0 Å². The van der Waals surface area contributed by atoms with E-state index < -0.39 is 6.88 Å². The van der Waals surface area contributed by atoms with Crippen LogP contribution in [0.25, 0.3) is 0 Å². The Morgan fingerprint density at radius 3 is 1.75 bits per heavy atom. The summed E-state index contributed by atoms with van der Waals surface area (Å²) in [5.41, 5.74) is 0.156. The minimum absolute atomic E-state index is 0.156. The summed E-state index contributed by atoms with van der Waals surface area (Å²) in [6, 6.07) is 0. The van der Waals surface area contributed by atoms with E-state index in [9.17, 15) is 0 Å². The highest BCUT2D eigenvalue weighted by atomic mass is 31.0. The summed E-state index contributed by atoms with van der Waals surface area (Å²) < 4.78 is 22.9. The second kappa shape index (κ2) is 9.44. The molecule has 0 amide bonds. The Kier molecular flexibility index (Phi) is 8.20. The molecule has 0 rings (SSSR count). The highest BCUT2D eigenvalue weighted by Crippen LogP contribution is 2.14. The van der Waals surface area contributed by atoms with Gasteiger partial charge in [-0.3, -0.25) is 0 Å². The van der Waals surface area contributed by atoms with Gasteiger partial charge in [0, 0.05) is 22.4 Å². The topological polar surface area (TPSA) is 18.5 Å². The molecule has 0 N–H and O–H groups in total. The molecule has 0 radical (unpaired) electrons. The van der Waals surface area contributed by atoms with Crippen LogP contribution >= 0.6 is 9.24 Å². The third kappa shape index (κ3) is 13.0. The summed E-state index contributed by atoms with van der Waals surface area (Å²) in [7, 11) is 5.73. The Labute approximate surface area is 82.0 Å². The molecule has 1 unspecified atom stereocenters. The zero-order chi connectivity index (χ0) is 11.6. The molecule has 0 aromatic heterocycles. The molecule has 0 saturated heterocycles. The van der Waals surface area contributed by atoms with Gasteiger partial charge in [-0.05, 0) is 6.16 Å². The summed E-state index contributed by atoms with van der Waals surface area (Å²) >= 11 is 0. The van der Waals surface area contributed by atoms with Crippen molar-refractivity contribution in [3.05, 3.63) is 0 Å². The van der Waals surface area contributed by atoms with Gasteiger partial charge < -0.3 is 9.47 Å². The van der Waals surface area contributed by atoms with Crippen molar-refractivity contribution in [1.82, 2.24) is 0 Å². The van der Waals surface area contributed by atoms with Crippen molar-refractivity contribution in [3.8, 4) is 0 Å². The lowest BCUT2D eigenvalue weighted by atomic mass is 9.96. The molecular formula is C9H23O2P. The molecule has 0 aromatic carbocycles. The van der Waals surface area contributed by atoms with Gasteiger partial charge in [-0.2, -0.15) is 0 Å². The molecule has 3 heteroatoms. The lowest BCUT2D eigenvalue weighted by molar-refractivity contribution is 0.0341. The van der Waals surface area contributed by atoms with Crippen molar-refractivity contribution >= 4 is 9.24 Å². The van der Waals surface area contributed by atoms with Gasteiger partial charge in [-0.25, -0.2) is 0 Å². The lowest BCUT2D eigenvalue weighted by Crippen LogP contribution is -2.23. The maximum absolute atomic E-state index is 6.47. The molecular weight excluding hydrogens is 171 g/mol. The molecule has 0 spiro atoms. The summed E-state index contributed by atoms with van der Waals surface area (Å²) in [6.07, 6.45) is 0.556. The largest absolute Gasteiger partial charge is 0.384 e. The first kappa shape index (κ1) is 10.4. The van der Waals surface area contributed by atoms with Crippen molar-refractivity contribution in [1.29, 1.82) is 0 Å². The van der Waals surface area contributed by atoms with Crippen LogP contribution in [0.2, 0.25) is 0 Å². The van der Waals surface area contributed by atoms with Gasteiger partial charge in [0.05, 0.1) is 13.2 Å². The van der Waals surface area contributed by atoms with Gasteiger partial charge in [0.2, 0.25) is 0 Å². The molecule has 0 aliphatic heterocycles. The predicted molar refractivity (Wildman–Crippen MR) is 57.8 cm³/mol. The van der Waals surface area contributed by atoms with Crippen molar-refractivity contribution in [2.75, 3.05) is 33.6 Å². The van der Waals surface area contributed by atoms with Gasteiger partial charge in [0.1, 0.15) is 0 Å². The molecule has 12 heavy (non-hydrogen) atoms. The minimum atomic E-state index is -0.653. The highest BCUT2D eigenvalue weighted by Gasteiger charge is 2.16. The molecule has 0 saturated carbocycles. The molecule has 0 fully saturated rings. The normalized spacial score (nSPS) is 13.2. The van der Waals surface area contributed by atoms with E-state index in [0.29, 0.717) is 6.16 Å². The zero-order valence-electron chi connectivity index (χ0n) is 10.6. The smallest absolute Gasteiger partial charge is 0.0535 e. The van der Waals surface area contributed by atoms with Crippen LogP contribution in [-0.4, -0.2) is 33.6 Å². The van der Waals surface area contributed by atoms with Crippen molar-refractivity contribution in [3.63, 3.8) is 0 Å². The van der Waals surface area contributed by atoms with Crippen LogP contribution in [0.5, 0.6) is 0 Å². The average Bonchev–Trinajstić information content (AvgIpc) is 2.05. The van der Waals surface area contributed by atoms with Gasteiger partial charge in [0.25, 0.3) is 0 Å². The Morgan fingerprint density at radius 1 is 1.25 bits per heavy atom. The number of hydrogen-bond acceptors (Lipinski definition) is 2. The second-order valence-electron chi connectivity index (χ2n) is 3.27. The molecule has 76 valence electrons. The fourth-order valence-corrected chi connectivity index (χ4v) is 0.823. The third-order valence-corrected chi connectivity index (χ3v) is 1.07. The van der Waals surface area contributed by atoms with Crippen LogP contribution in [0, 0.1) is 5.41 Å². The van der Waals surface area contributed by atoms with E-state index in [-0.39, 0.29) is 5.41 Å². The molecule has 0 aromatic rings. The van der Waals surface area contributed by atoms with Crippen LogP contribution in [0.1, 0.15) is 23.5 Å². The van der Waals surface area contributed by atoms with Crippen molar-refractivity contribution < 1.29 is 12.2 Å². The molecule has 1 atom stereocenters. The summed E-state index contributed by atoms with van der Waals surface area (Å²) in [6.45, 7) is 5.07. The van der Waals surface area contributed by atoms with Crippen LogP contribution < -0.4 is 0 Å². The predicted octanol–water partition coefficient (Wildman–Crippen LogP) is 2.19. The van der Waals surface area contributed by atoms with Crippen molar-refractivity contribution in [2.24, 2.45) is 5.41 Å². The van der Waals surface area contributed by atoms with E-state index in [1.165, 1.54) is 0 Å². The summed E-state index contributed by atoms with van der Waals surface area (Å²) in [4.78, 5) is 0. The van der Waals surface area contributed by atoms with Crippen LogP contribution in [-0.2, 0) is 9.47 Å². The standard InChI is InChI=1S/C7H16O2.C2H7P/c1-7(2,5-8-3)6-9-4;1-2-3/h5-6H2,1-4H3;2-3H2,1H3/i;1D2. The number of methoxy groups -OCH3 is 2. The van der Waals surface area contributed by atoms with Crippen LogP contribution in [0.3, 0.4) is 0 Å². The average molecular weight is 196 g/mol. The quantitative estimate of drug-likeness (QED) is 0.642. The minimum Gasteiger partial charge on any atom is -0.384 e. The molecule has 2 nitrogen and oxygen atoms in total. The third-order valence-electron chi connectivity index (χ3n) is 1.07. The molecule has 0 aliphatic rings. The maximum Gasteiger partial charge on any atom is 0.0535 e. The maximum atomic E-state index is 6.47. The first-order valence-electron chi connectivity index (χ1n) is 5.07. The number of hydrogen-bond donors (Lipinski definition) is 0. The fourth-order valence-electron chi connectivity index (χ4n) is 0.823. The Hall–Kier alpha value is 0.350. The second-order valence-corrected chi connectivity index (χ2v) is 3.74. The highest BCUT2D eigenvalue weighted by molar-refractivity contribution is 7.16.